The number of nitrogens with one attached hydrogen (secondary N) is 2. The lowest BCUT2D eigenvalue weighted by atomic mass is 9.98. The first kappa shape index (κ1) is 22.7. The number of piperidine rings is 1. The molecule has 1 atom stereocenters. The molecule has 0 bridgehead atoms. The number of rotatable bonds is 3. The number of nitrogens with zero attached hydrogens (tertiary/aromatic N) is 2. The molecule has 3 aliphatic heterocycles. The van der Waals surface area contributed by atoms with E-state index in [4.69, 9.17) is 0 Å². The molecule has 162 valence electrons. The van der Waals surface area contributed by atoms with Crippen molar-refractivity contribution in [2.75, 3.05) is 44.2 Å². The second kappa shape index (κ2) is 10.3. The number of hydrogen-bond acceptors (Lipinski definition) is 6. The SMILES string of the molecule is Cl.O=C1NC(=O)C(=Cc2ccccc2N2CCCN(C(=O)C3CCCNC3)CC2)S1. The largest absolute Gasteiger partial charge is 0.369 e. The molecular weight excluding hydrogens is 424 g/mol. The number of amides is 3. The molecule has 0 aromatic heterocycles. The maximum absolute atomic E-state index is 12.9. The molecule has 3 heterocycles. The van der Waals surface area contributed by atoms with Gasteiger partial charge in [0.15, 0.2) is 0 Å². The van der Waals surface area contributed by atoms with Crippen molar-refractivity contribution in [3.63, 3.8) is 0 Å². The number of thioether (sulfide) groups is 1. The lowest BCUT2D eigenvalue weighted by Gasteiger charge is -2.29. The minimum atomic E-state index is -0.344. The van der Waals surface area contributed by atoms with Crippen LogP contribution in [0.25, 0.3) is 6.08 Å². The van der Waals surface area contributed by atoms with E-state index < -0.39 is 0 Å². The monoisotopic (exact) mass is 450 g/mol. The Morgan fingerprint density at radius 2 is 1.93 bits per heavy atom. The van der Waals surface area contributed by atoms with Gasteiger partial charge in [0.2, 0.25) is 5.91 Å². The third-order valence-corrected chi connectivity index (χ3v) is 6.47. The average molecular weight is 451 g/mol. The smallest absolute Gasteiger partial charge is 0.290 e. The Morgan fingerprint density at radius 1 is 1.10 bits per heavy atom. The van der Waals surface area contributed by atoms with Crippen LogP contribution in [0.5, 0.6) is 0 Å². The Kier molecular flexibility index (Phi) is 7.80. The summed E-state index contributed by atoms with van der Waals surface area (Å²) in [4.78, 5) is 41.0. The maximum Gasteiger partial charge on any atom is 0.290 e. The number of anilines is 1. The van der Waals surface area contributed by atoms with Crippen molar-refractivity contribution in [1.29, 1.82) is 0 Å². The number of hydrogen-bond donors (Lipinski definition) is 2. The van der Waals surface area contributed by atoms with Gasteiger partial charge in [0.1, 0.15) is 0 Å². The standard InChI is InChI=1S/C21H26N4O3S.ClH/c26-19-18(29-21(28)23-19)13-15-5-1-2-7-17(15)24-9-4-10-25(12-11-24)20(27)16-6-3-8-22-14-16;/h1-2,5,7,13,16,22H,3-4,6,8-12,14H2,(H,23,26,28);1H. The highest BCUT2D eigenvalue weighted by Crippen LogP contribution is 2.30. The summed E-state index contributed by atoms with van der Waals surface area (Å²) in [5.41, 5.74) is 1.94. The molecule has 1 unspecified atom stereocenters. The van der Waals surface area contributed by atoms with E-state index >= 15 is 0 Å². The van der Waals surface area contributed by atoms with Crippen molar-refractivity contribution in [1.82, 2.24) is 15.5 Å². The number of imide groups is 1. The van der Waals surface area contributed by atoms with Crippen LogP contribution in [-0.2, 0) is 9.59 Å². The van der Waals surface area contributed by atoms with Crippen molar-refractivity contribution < 1.29 is 14.4 Å². The van der Waals surface area contributed by atoms with Crippen LogP contribution in [0.3, 0.4) is 0 Å². The molecule has 0 aliphatic carbocycles. The zero-order valence-corrected chi connectivity index (χ0v) is 18.4. The Hall–Kier alpha value is -2.03. The van der Waals surface area contributed by atoms with Gasteiger partial charge in [-0.3, -0.25) is 19.7 Å². The molecule has 1 aromatic carbocycles. The third-order valence-electron chi connectivity index (χ3n) is 5.66. The summed E-state index contributed by atoms with van der Waals surface area (Å²) in [5, 5.41) is 5.30. The molecular formula is C21H27ClN4O3S. The van der Waals surface area contributed by atoms with Crippen LogP contribution in [0, 0.1) is 5.92 Å². The second-order valence-corrected chi connectivity index (χ2v) is 8.63. The summed E-state index contributed by atoms with van der Waals surface area (Å²) in [7, 11) is 0. The fraction of sp³-hybridized carbons (Fsp3) is 0.476. The molecule has 3 saturated heterocycles. The van der Waals surface area contributed by atoms with Crippen molar-refractivity contribution in [2.45, 2.75) is 19.3 Å². The molecule has 30 heavy (non-hydrogen) atoms. The van der Waals surface area contributed by atoms with E-state index in [-0.39, 0.29) is 35.4 Å². The molecule has 7 nitrogen and oxygen atoms in total. The summed E-state index contributed by atoms with van der Waals surface area (Å²) in [6.45, 7) is 4.88. The molecule has 2 N–H and O–H groups in total. The van der Waals surface area contributed by atoms with Gasteiger partial charge in [0.05, 0.1) is 10.8 Å². The first-order valence-corrected chi connectivity index (χ1v) is 11.0. The van der Waals surface area contributed by atoms with Crippen molar-refractivity contribution in [2.24, 2.45) is 5.92 Å². The number of carbonyl (C=O) groups excluding carboxylic acids is 3. The highest BCUT2D eigenvalue weighted by molar-refractivity contribution is 8.18. The minimum absolute atomic E-state index is 0. The molecule has 0 radical (unpaired) electrons. The summed E-state index contributed by atoms with van der Waals surface area (Å²) in [6, 6.07) is 7.90. The Labute approximate surface area is 187 Å². The van der Waals surface area contributed by atoms with Crippen LogP contribution < -0.4 is 15.5 Å². The van der Waals surface area contributed by atoms with E-state index in [0.29, 0.717) is 11.4 Å². The summed E-state index contributed by atoms with van der Waals surface area (Å²) < 4.78 is 0. The van der Waals surface area contributed by atoms with Gasteiger partial charge in [0.25, 0.3) is 11.1 Å². The molecule has 4 rings (SSSR count). The molecule has 3 fully saturated rings. The number of benzene rings is 1. The Bertz CT molecular complexity index is 841. The molecule has 9 heteroatoms. The highest BCUT2D eigenvalue weighted by Gasteiger charge is 2.28. The Morgan fingerprint density at radius 3 is 2.67 bits per heavy atom. The maximum atomic E-state index is 12.9. The summed E-state index contributed by atoms with van der Waals surface area (Å²) >= 11 is 0.932. The quantitative estimate of drug-likeness (QED) is 0.688. The van der Waals surface area contributed by atoms with Crippen LogP contribution >= 0.6 is 24.2 Å². The average Bonchev–Trinajstić information content (AvgIpc) is 2.93. The van der Waals surface area contributed by atoms with Gasteiger partial charge in [-0.25, -0.2) is 0 Å². The van der Waals surface area contributed by atoms with E-state index in [1.165, 1.54) is 0 Å². The fourth-order valence-corrected chi connectivity index (χ4v) is 4.83. The Balaban J connectivity index is 0.00000256. The molecule has 1 aromatic rings. The van der Waals surface area contributed by atoms with Crippen LogP contribution in [0.15, 0.2) is 29.2 Å². The van der Waals surface area contributed by atoms with E-state index in [2.05, 4.69) is 15.5 Å². The number of halogens is 1. The van der Waals surface area contributed by atoms with Crippen LogP contribution in [0.2, 0.25) is 0 Å². The number of para-hydroxylation sites is 1. The van der Waals surface area contributed by atoms with E-state index in [9.17, 15) is 14.4 Å². The first-order chi connectivity index (χ1) is 14.1. The lowest BCUT2D eigenvalue weighted by molar-refractivity contribution is -0.135. The predicted octanol–water partition coefficient (Wildman–Crippen LogP) is 2.47. The summed E-state index contributed by atoms with van der Waals surface area (Å²) in [6.07, 6.45) is 4.72. The lowest BCUT2D eigenvalue weighted by Crippen LogP contribution is -2.44. The van der Waals surface area contributed by atoms with Gasteiger partial charge in [-0.15, -0.1) is 12.4 Å². The van der Waals surface area contributed by atoms with Gasteiger partial charge in [0, 0.05) is 38.4 Å². The van der Waals surface area contributed by atoms with E-state index in [1.54, 1.807) is 6.08 Å². The molecule has 0 saturated carbocycles. The fourth-order valence-electron chi connectivity index (χ4n) is 4.16. The molecule has 3 aliphatic rings. The van der Waals surface area contributed by atoms with Crippen molar-refractivity contribution >= 4 is 53.0 Å². The van der Waals surface area contributed by atoms with E-state index in [0.717, 1.165) is 75.0 Å². The summed E-state index contributed by atoms with van der Waals surface area (Å²) in [5.74, 6) is 0.0262. The second-order valence-electron chi connectivity index (χ2n) is 7.62. The first-order valence-electron chi connectivity index (χ1n) is 10.2. The normalized spacial score (nSPS) is 23.7. The van der Waals surface area contributed by atoms with Gasteiger partial charge in [-0.1, -0.05) is 18.2 Å². The zero-order chi connectivity index (χ0) is 20.2. The number of carbonyl (C=O) groups is 3. The van der Waals surface area contributed by atoms with Gasteiger partial charge in [-0.2, -0.15) is 0 Å². The zero-order valence-electron chi connectivity index (χ0n) is 16.8. The molecule has 0 spiro atoms. The van der Waals surface area contributed by atoms with Gasteiger partial charge < -0.3 is 15.1 Å². The predicted molar refractivity (Wildman–Crippen MR) is 122 cm³/mol. The van der Waals surface area contributed by atoms with E-state index in [1.807, 2.05) is 29.2 Å². The van der Waals surface area contributed by atoms with Gasteiger partial charge in [-0.05, 0) is 55.3 Å². The molecule has 3 amide bonds. The van der Waals surface area contributed by atoms with Crippen molar-refractivity contribution in [3.05, 3.63) is 34.7 Å². The van der Waals surface area contributed by atoms with Crippen LogP contribution in [0.4, 0.5) is 10.5 Å². The van der Waals surface area contributed by atoms with Crippen LogP contribution in [-0.4, -0.2) is 61.2 Å². The van der Waals surface area contributed by atoms with Crippen molar-refractivity contribution in [3.8, 4) is 0 Å². The van der Waals surface area contributed by atoms with Gasteiger partial charge >= 0.3 is 0 Å². The topological polar surface area (TPSA) is 81.8 Å². The minimum Gasteiger partial charge on any atom is -0.369 e. The highest BCUT2D eigenvalue weighted by atomic mass is 35.5. The van der Waals surface area contributed by atoms with Crippen LogP contribution in [0.1, 0.15) is 24.8 Å². The third kappa shape index (κ3) is 5.17.